The molecule has 0 bridgehead atoms. The minimum Gasteiger partial charge on any atom is -0.331 e. The van der Waals surface area contributed by atoms with E-state index in [-0.39, 0.29) is 0 Å². The van der Waals surface area contributed by atoms with Crippen LogP contribution in [0.3, 0.4) is 0 Å². The lowest BCUT2D eigenvalue weighted by Crippen LogP contribution is -1.69. The highest BCUT2D eigenvalue weighted by atomic mass is 13.8. The summed E-state index contributed by atoms with van der Waals surface area (Å²) in [6, 6.07) is 0. The molecule has 0 fully saturated rings. The molecular weight excluding hydrogens is 96.1 g/mol. The molecule has 0 spiro atoms. The lowest BCUT2D eigenvalue weighted by atomic mass is 10.2. The largest absolute Gasteiger partial charge is 0.331 e. The minimum atomic E-state index is 1.24. The van der Waals surface area contributed by atoms with Gasteiger partial charge in [0.1, 0.15) is 0 Å². The first-order chi connectivity index (χ1) is 3.91. The van der Waals surface area contributed by atoms with Crippen molar-refractivity contribution < 1.29 is 0 Å². The Balaban J connectivity index is 2.72. The molecule has 0 nitrogen and oxygen atoms in total. The van der Waals surface area contributed by atoms with Crippen molar-refractivity contribution in [2.45, 2.75) is 33.1 Å². The molecule has 0 aliphatic carbocycles. The van der Waals surface area contributed by atoms with E-state index in [2.05, 4.69) is 32.4 Å². The maximum Gasteiger partial charge on any atom is -0.0375 e. The van der Waals surface area contributed by atoms with E-state index in [0.29, 0.717) is 0 Å². The van der Waals surface area contributed by atoms with E-state index >= 15 is 0 Å². The Kier molecular flexibility index (Phi) is 6.52. The van der Waals surface area contributed by atoms with Crippen molar-refractivity contribution in [2.75, 3.05) is 0 Å². The van der Waals surface area contributed by atoms with Crippen molar-refractivity contribution in [1.82, 2.24) is 0 Å². The number of hydrogen-bond acceptors (Lipinski definition) is 0. The maximum absolute atomic E-state index is 2.21. The van der Waals surface area contributed by atoms with Crippen molar-refractivity contribution >= 4 is 0 Å². The number of allylic oxidation sites excluding steroid dienone is 2. The second-order valence-corrected chi connectivity index (χ2v) is 1.91. The summed E-state index contributed by atoms with van der Waals surface area (Å²) >= 11 is 0. The molecule has 0 heterocycles. The van der Waals surface area contributed by atoms with Crippen LogP contribution in [0.25, 0.3) is 0 Å². The van der Waals surface area contributed by atoms with Crippen molar-refractivity contribution in [3.8, 4) is 0 Å². The summed E-state index contributed by atoms with van der Waals surface area (Å²) in [5, 5.41) is 0. The van der Waals surface area contributed by atoms with Crippen LogP contribution in [0.2, 0.25) is 0 Å². The zero-order valence-electron chi connectivity index (χ0n) is 5.85. The van der Waals surface area contributed by atoms with Crippen LogP contribution in [0, 0.1) is 6.42 Å². The summed E-state index contributed by atoms with van der Waals surface area (Å²) in [5.41, 5.74) is 0. The Morgan fingerprint density at radius 1 is 1.50 bits per heavy atom. The highest BCUT2D eigenvalue weighted by Crippen LogP contribution is 1.97. The molecule has 0 amide bonds. The van der Waals surface area contributed by atoms with Crippen molar-refractivity contribution in [3.63, 3.8) is 0 Å². The van der Waals surface area contributed by atoms with E-state index in [1.165, 1.54) is 19.3 Å². The summed E-state index contributed by atoms with van der Waals surface area (Å²) in [7, 11) is 0. The van der Waals surface area contributed by atoms with Crippen LogP contribution in [-0.4, -0.2) is 0 Å². The quantitative estimate of drug-likeness (QED) is 0.297. The molecule has 0 aliphatic rings. The predicted octanol–water partition coefficient (Wildman–Crippen LogP) is 2.96. The number of rotatable bonds is 4. The fraction of sp³-hybridized carbons (Fsp3) is 0.625. The lowest BCUT2D eigenvalue weighted by Gasteiger charge is -1.98. The maximum atomic E-state index is 2.21. The highest BCUT2D eigenvalue weighted by molar-refractivity contribution is 4.76. The molecular formula is C8H15-. The SMILES string of the molecule is C/C=C/CCC[CH-]C. The summed E-state index contributed by atoms with van der Waals surface area (Å²) < 4.78 is 0. The van der Waals surface area contributed by atoms with Crippen LogP contribution in [0.15, 0.2) is 12.2 Å². The van der Waals surface area contributed by atoms with Crippen molar-refractivity contribution in [1.29, 1.82) is 0 Å². The first kappa shape index (κ1) is 7.74. The third-order valence-corrected chi connectivity index (χ3v) is 1.10. The first-order valence-electron chi connectivity index (χ1n) is 3.30. The molecule has 0 N–H and O–H groups in total. The fourth-order valence-corrected chi connectivity index (χ4v) is 0.606. The predicted molar refractivity (Wildman–Crippen MR) is 38.6 cm³/mol. The second kappa shape index (κ2) is 6.74. The number of unbranched alkanes of at least 4 members (excludes halogenated alkanes) is 3. The summed E-state index contributed by atoms with van der Waals surface area (Å²) in [4.78, 5) is 0. The molecule has 8 heavy (non-hydrogen) atoms. The molecule has 0 atom stereocenters. The van der Waals surface area contributed by atoms with E-state index in [4.69, 9.17) is 0 Å². The smallest absolute Gasteiger partial charge is 0.0375 e. The Hall–Kier alpha value is -0.260. The van der Waals surface area contributed by atoms with E-state index in [9.17, 15) is 0 Å². The molecule has 0 aromatic rings. The number of hydrogen-bond donors (Lipinski definition) is 0. The lowest BCUT2D eigenvalue weighted by molar-refractivity contribution is 0.827. The van der Waals surface area contributed by atoms with Crippen LogP contribution in [0.5, 0.6) is 0 Å². The summed E-state index contributed by atoms with van der Waals surface area (Å²) in [6.45, 7) is 4.17. The Labute approximate surface area is 52.6 Å². The Morgan fingerprint density at radius 3 is 2.75 bits per heavy atom. The van der Waals surface area contributed by atoms with Gasteiger partial charge in [0.05, 0.1) is 0 Å². The molecule has 0 aliphatic heterocycles. The van der Waals surface area contributed by atoms with Gasteiger partial charge in [-0.05, 0) is 13.3 Å². The average molecular weight is 111 g/mol. The van der Waals surface area contributed by atoms with Gasteiger partial charge in [0.25, 0.3) is 0 Å². The van der Waals surface area contributed by atoms with Gasteiger partial charge >= 0.3 is 0 Å². The average Bonchev–Trinajstić information content (AvgIpc) is 1.81. The normalized spacial score (nSPS) is 10.8. The third-order valence-electron chi connectivity index (χ3n) is 1.10. The third kappa shape index (κ3) is 5.74. The zero-order chi connectivity index (χ0) is 6.24. The first-order valence-corrected chi connectivity index (χ1v) is 3.30. The minimum absolute atomic E-state index is 1.24. The molecule has 0 rings (SSSR count). The molecule has 0 aromatic heterocycles. The van der Waals surface area contributed by atoms with Crippen LogP contribution in [0.1, 0.15) is 33.1 Å². The molecule has 0 saturated heterocycles. The van der Waals surface area contributed by atoms with Gasteiger partial charge in [-0.1, -0.05) is 18.6 Å². The summed E-state index contributed by atoms with van der Waals surface area (Å²) in [6.07, 6.45) is 10.3. The van der Waals surface area contributed by atoms with Crippen molar-refractivity contribution in [3.05, 3.63) is 18.6 Å². The molecule has 48 valence electrons. The van der Waals surface area contributed by atoms with Gasteiger partial charge in [-0.25, -0.2) is 0 Å². The van der Waals surface area contributed by atoms with Crippen LogP contribution >= 0.6 is 0 Å². The van der Waals surface area contributed by atoms with Crippen LogP contribution in [0.4, 0.5) is 0 Å². The van der Waals surface area contributed by atoms with Gasteiger partial charge in [-0.3, -0.25) is 0 Å². The topological polar surface area (TPSA) is 0 Å². The van der Waals surface area contributed by atoms with Crippen LogP contribution < -0.4 is 0 Å². The monoisotopic (exact) mass is 111 g/mol. The highest BCUT2D eigenvalue weighted by Gasteiger charge is 1.71. The van der Waals surface area contributed by atoms with Gasteiger partial charge in [0.15, 0.2) is 0 Å². The van der Waals surface area contributed by atoms with Gasteiger partial charge in [0, 0.05) is 0 Å². The molecule has 0 heteroatoms. The van der Waals surface area contributed by atoms with Gasteiger partial charge in [-0.15, -0.1) is 0 Å². The second-order valence-electron chi connectivity index (χ2n) is 1.91. The van der Waals surface area contributed by atoms with Gasteiger partial charge < -0.3 is 6.42 Å². The van der Waals surface area contributed by atoms with E-state index < -0.39 is 0 Å². The van der Waals surface area contributed by atoms with Gasteiger partial charge in [-0.2, -0.15) is 13.3 Å². The van der Waals surface area contributed by atoms with Crippen molar-refractivity contribution in [2.24, 2.45) is 0 Å². The van der Waals surface area contributed by atoms with E-state index in [1.54, 1.807) is 0 Å². The zero-order valence-corrected chi connectivity index (χ0v) is 5.85. The van der Waals surface area contributed by atoms with Gasteiger partial charge in [0.2, 0.25) is 0 Å². The Morgan fingerprint density at radius 2 is 2.25 bits per heavy atom. The fourth-order valence-electron chi connectivity index (χ4n) is 0.606. The van der Waals surface area contributed by atoms with Crippen LogP contribution in [-0.2, 0) is 0 Å². The standard InChI is InChI=1S/C8H15/c1-3-5-7-8-6-4-2/h3-5H,6-8H2,1-2H3/q-1/b5-3+. The molecule has 0 aromatic carbocycles. The van der Waals surface area contributed by atoms with E-state index in [0.717, 1.165) is 0 Å². The van der Waals surface area contributed by atoms with E-state index in [1.807, 2.05) is 0 Å². The summed E-state index contributed by atoms with van der Waals surface area (Å²) in [5.74, 6) is 0. The molecule has 0 saturated carbocycles. The Bertz CT molecular complexity index is 53.1. The molecule has 0 unspecified atom stereocenters. The molecule has 0 radical (unpaired) electrons.